The fourth-order valence-corrected chi connectivity index (χ4v) is 5.17. The molecule has 2 aliphatic rings. The van der Waals surface area contributed by atoms with E-state index in [9.17, 15) is 8.42 Å². The largest absolute Gasteiger partial charge is 0.373 e. The first kappa shape index (κ1) is 13.5. The Hall–Kier alpha value is -0.430. The van der Waals surface area contributed by atoms with E-state index in [1.165, 1.54) is 0 Å². The van der Waals surface area contributed by atoms with E-state index in [0.717, 1.165) is 24.8 Å². The second kappa shape index (κ2) is 4.84. The van der Waals surface area contributed by atoms with Gasteiger partial charge >= 0.3 is 0 Å². The molecule has 0 radical (unpaired) electrons. The molecule has 4 nitrogen and oxygen atoms in total. The van der Waals surface area contributed by atoms with Gasteiger partial charge in [0.1, 0.15) is 0 Å². The molecular weight excluding hydrogens is 330 g/mol. The molecule has 1 aromatic rings. The van der Waals surface area contributed by atoms with Crippen molar-refractivity contribution < 1.29 is 13.2 Å². The number of sulfonamides is 1. The highest BCUT2D eigenvalue weighted by molar-refractivity contribution is 9.10. The fraction of sp³-hybridized carbons (Fsp3) is 0.538. The number of fused-ring (bicyclic) bond motifs is 2. The van der Waals surface area contributed by atoms with Crippen LogP contribution >= 0.6 is 15.9 Å². The number of halogens is 1. The summed E-state index contributed by atoms with van der Waals surface area (Å²) in [6.45, 7) is 1.88. The Balaban J connectivity index is 1.85. The summed E-state index contributed by atoms with van der Waals surface area (Å²) in [6.07, 6.45) is 3.07. The number of hydrogen-bond acceptors (Lipinski definition) is 3. The van der Waals surface area contributed by atoms with Gasteiger partial charge in [-0.05, 0) is 59.8 Å². The minimum Gasteiger partial charge on any atom is -0.373 e. The van der Waals surface area contributed by atoms with Crippen molar-refractivity contribution >= 4 is 26.0 Å². The second-order valence-electron chi connectivity index (χ2n) is 5.27. The summed E-state index contributed by atoms with van der Waals surface area (Å²) in [5.41, 5.74) is 0.924. The van der Waals surface area contributed by atoms with Crippen LogP contribution in [0.3, 0.4) is 0 Å². The van der Waals surface area contributed by atoms with Crippen LogP contribution in [0.15, 0.2) is 27.6 Å². The van der Waals surface area contributed by atoms with Crippen molar-refractivity contribution in [2.24, 2.45) is 0 Å². The van der Waals surface area contributed by atoms with Gasteiger partial charge in [0.15, 0.2) is 0 Å². The summed E-state index contributed by atoms with van der Waals surface area (Å²) >= 11 is 3.31. The Bertz CT molecular complexity index is 602. The Kier molecular flexibility index (Phi) is 3.45. The molecule has 2 saturated heterocycles. The van der Waals surface area contributed by atoms with Crippen molar-refractivity contribution in [1.29, 1.82) is 0 Å². The van der Waals surface area contributed by atoms with Gasteiger partial charge in [-0.15, -0.1) is 0 Å². The third-order valence-electron chi connectivity index (χ3n) is 3.79. The topological polar surface area (TPSA) is 55.4 Å². The van der Waals surface area contributed by atoms with Gasteiger partial charge in [0.05, 0.1) is 23.1 Å². The van der Waals surface area contributed by atoms with Crippen LogP contribution in [-0.2, 0) is 14.8 Å². The molecule has 19 heavy (non-hydrogen) atoms. The first-order chi connectivity index (χ1) is 8.95. The lowest BCUT2D eigenvalue weighted by molar-refractivity contribution is 0.0996. The van der Waals surface area contributed by atoms with Crippen molar-refractivity contribution in [1.82, 2.24) is 4.72 Å². The van der Waals surface area contributed by atoms with Gasteiger partial charge in [0.2, 0.25) is 10.0 Å². The molecule has 3 atom stereocenters. The Morgan fingerprint density at radius 3 is 2.79 bits per heavy atom. The maximum Gasteiger partial charge on any atom is 0.242 e. The van der Waals surface area contributed by atoms with Gasteiger partial charge in [-0.1, -0.05) is 6.07 Å². The number of nitrogens with one attached hydrogen (secondary N) is 1. The summed E-state index contributed by atoms with van der Waals surface area (Å²) in [6, 6.07) is 5.24. The quantitative estimate of drug-likeness (QED) is 0.914. The highest BCUT2D eigenvalue weighted by atomic mass is 79.9. The van der Waals surface area contributed by atoms with Gasteiger partial charge in [-0.25, -0.2) is 13.1 Å². The van der Waals surface area contributed by atoms with E-state index in [0.29, 0.717) is 9.37 Å². The lowest BCUT2D eigenvalue weighted by atomic mass is 9.96. The van der Waals surface area contributed by atoms with Gasteiger partial charge in [0.25, 0.3) is 0 Å². The van der Waals surface area contributed by atoms with E-state index < -0.39 is 10.0 Å². The molecule has 0 aliphatic carbocycles. The Morgan fingerprint density at radius 1 is 1.37 bits per heavy atom. The maximum atomic E-state index is 12.4. The maximum absolute atomic E-state index is 12.4. The fourth-order valence-electron chi connectivity index (χ4n) is 2.84. The summed E-state index contributed by atoms with van der Waals surface area (Å²) in [4.78, 5) is 0.301. The minimum absolute atomic E-state index is 0.0448. The smallest absolute Gasteiger partial charge is 0.242 e. The van der Waals surface area contributed by atoms with E-state index in [1.54, 1.807) is 12.1 Å². The molecule has 2 heterocycles. The molecule has 1 N–H and O–H groups in total. The lowest BCUT2D eigenvalue weighted by Crippen LogP contribution is -2.41. The molecule has 0 aromatic heterocycles. The van der Waals surface area contributed by atoms with Gasteiger partial charge in [-0.3, -0.25) is 0 Å². The molecule has 2 fully saturated rings. The van der Waals surface area contributed by atoms with Crippen LogP contribution in [0.4, 0.5) is 0 Å². The first-order valence-electron chi connectivity index (χ1n) is 6.40. The van der Waals surface area contributed by atoms with E-state index in [4.69, 9.17) is 4.74 Å². The van der Waals surface area contributed by atoms with Crippen molar-refractivity contribution in [3.63, 3.8) is 0 Å². The highest BCUT2D eigenvalue weighted by Crippen LogP contribution is 2.35. The Morgan fingerprint density at radius 2 is 2.16 bits per heavy atom. The average Bonchev–Trinajstić information content (AvgIpc) is 2.93. The monoisotopic (exact) mass is 345 g/mol. The molecule has 0 unspecified atom stereocenters. The van der Waals surface area contributed by atoms with Crippen molar-refractivity contribution in [3.8, 4) is 0 Å². The van der Waals surface area contributed by atoms with Gasteiger partial charge in [0, 0.05) is 4.47 Å². The molecular formula is C13H16BrNO3S. The van der Waals surface area contributed by atoms with Crippen LogP contribution in [-0.4, -0.2) is 26.7 Å². The van der Waals surface area contributed by atoms with Crippen molar-refractivity contribution in [2.75, 3.05) is 0 Å². The average molecular weight is 346 g/mol. The molecule has 104 valence electrons. The first-order valence-corrected chi connectivity index (χ1v) is 8.67. The van der Waals surface area contributed by atoms with Crippen LogP contribution in [0.25, 0.3) is 0 Å². The number of aryl methyl sites for hydroxylation is 1. The summed E-state index contributed by atoms with van der Waals surface area (Å²) in [5, 5.41) is 0. The van der Waals surface area contributed by atoms with Crippen LogP contribution < -0.4 is 4.72 Å². The van der Waals surface area contributed by atoms with E-state index in [1.807, 2.05) is 13.0 Å². The second-order valence-corrected chi connectivity index (χ2v) is 7.81. The van der Waals surface area contributed by atoms with Gasteiger partial charge in [-0.2, -0.15) is 0 Å². The predicted molar refractivity (Wildman–Crippen MR) is 75.5 cm³/mol. The Labute approximate surface area is 121 Å². The van der Waals surface area contributed by atoms with Crippen LogP contribution in [0, 0.1) is 6.92 Å². The molecule has 2 aliphatic heterocycles. The van der Waals surface area contributed by atoms with E-state index >= 15 is 0 Å². The van der Waals surface area contributed by atoms with Crippen molar-refractivity contribution in [2.45, 2.75) is 49.3 Å². The van der Waals surface area contributed by atoms with Gasteiger partial charge < -0.3 is 4.74 Å². The molecule has 2 bridgehead atoms. The van der Waals surface area contributed by atoms with E-state index in [2.05, 4.69) is 20.7 Å². The third-order valence-corrected chi connectivity index (χ3v) is 6.27. The lowest BCUT2D eigenvalue weighted by Gasteiger charge is -2.20. The van der Waals surface area contributed by atoms with Crippen LogP contribution in [0.2, 0.25) is 0 Å². The summed E-state index contributed by atoms with van der Waals surface area (Å²) in [5.74, 6) is 0. The zero-order valence-electron chi connectivity index (χ0n) is 10.6. The highest BCUT2D eigenvalue weighted by Gasteiger charge is 2.42. The zero-order valence-corrected chi connectivity index (χ0v) is 13.0. The normalized spacial score (nSPS) is 29.9. The summed E-state index contributed by atoms with van der Waals surface area (Å²) < 4.78 is 33.9. The number of benzene rings is 1. The van der Waals surface area contributed by atoms with Crippen LogP contribution in [0.1, 0.15) is 24.8 Å². The standard InChI is InChI=1S/C13H16BrNO3S/c1-8-2-4-10(14)13(6-8)19(16,17)15-11-7-9-3-5-12(11)18-9/h2,4,6,9,11-12,15H,3,5,7H2,1H3/t9-,11-,12-/m1/s1. The molecule has 0 spiro atoms. The summed E-state index contributed by atoms with van der Waals surface area (Å²) in [7, 11) is -3.50. The third kappa shape index (κ3) is 2.59. The molecule has 3 rings (SSSR count). The molecule has 6 heteroatoms. The molecule has 0 saturated carbocycles. The SMILES string of the molecule is Cc1ccc(Br)c(S(=O)(=O)N[C@@H]2C[C@H]3CC[C@H]2O3)c1. The molecule has 1 aromatic carbocycles. The predicted octanol–water partition coefficient (Wildman–Crippen LogP) is 2.36. The van der Waals surface area contributed by atoms with E-state index in [-0.39, 0.29) is 18.2 Å². The molecule has 0 amide bonds. The van der Waals surface area contributed by atoms with Crippen LogP contribution in [0.5, 0.6) is 0 Å². The number of ether oxygens (including phenoxy) is 1. The van der Waals surface area contributed by atoms with Crippen molar-refractivity contribution in [3.05, 3.63) is 28.2 Å². The zero-order chi connectivity index (χ0) is 13.6. The minimum atomic E-state index is -3.50. The number of rotatable bonds is 3. The number of hydrogen-bond donors (Lipinski definition) is 1.